The number of aromatic nitrogens is 1. The molecule has 0 unspecified atom stereocenters. The Morgan fingerprint density at radius 2 is 2.06 bits per heavy atom. The van der Waals surface area contributed by atoms with E-state index in [1.54, 1.807) is 6.07 Å². The largest absolute Gasteiger partial charge is 0.360 e. The van der Waals surface area contributed by atoms with Gasteiger partial charge in [0.2, 0.25) is 5.43 Å². The van der Waals surface area contributed by atoms with Crippen molar-refractivity contribution in [3.8, 4) is 0 Å². The summed E-state index contributed by atoms with van der Waals surface area (Å²) in [5.41, 5.74) is 4.50. The molecule has 0 bridgehead atoms. The Morgan fingerprint density at radius 3 is 2.71 bits per heavy atom. The van der Waals surface area contributed by atoms with E-state index in [1.807, 2.05) is 25.3 Å². The molecule has 0 saturated carbocycles. The number of nitrogen functional groups attached to an aromatic ring is 1. The van der Waals surface area contributed by atoms with Gasteiger partial charge in [-0.3, -0.25) is 15.0 Å². The zero-order chi connectivity index (χ0) is 12.6. The summed E-state index contributed by atoms with van der Waals surface area (Å²) in [4.78, 5) is 26.4. The van der Waals surface area contributed by atoms with Crippen molar-refractivity contribution < 1.29 is 4.79 Å². The van der Waals surface area contributed by atoms with Gasteiger partial charge >= 0.3 is 0 Å². The van der Waals surface area contributed by atoms with Crippen molar-refractivity contribution in [2.45, 2.75) is 13.8 Å². The van der Waals surface area contributed by atoms with Crippen molar-refractivity contribution in [1.29, 1.82) is 0 Å². The van der Waals surface area contributed by atoms with Crippen LogP contribution >= 0.6 is 0 Å². The van der Waals surface area contributed by atoms with Crippen LogP contribution in [0, 0.1) is 13.8 Å². The van der Waals surface area contributed by atoms with Gasteiger partial charge in [0.25, 0.3) is 5.91 Å². The van der Waals surface area contributed by atoms with Crippen LogP contribution in [0.5, 0.6) is 0 Å². The first-order valence-electron chi connectivity index (χ1n) is 5.18. The third kappa shape index (κ3) is 1.70. The molecule has 2 aromatic rings. The maximum absolute atomic E-state index is 12.1. The smallest absolute Gasteiger partial charge is 0.270 e. The fourth-order valence-corrected chi connectivity index (χ4v) is 1.79. The third-order valence-corrected chi connectivity index (χ3v) is 2.96. The molecule has 1 aromatic heterocycles. The number of benzene rings is 1. The van der Waals surface area contributed by atoms with E-state index in [1.165, 1.54) is 6.20 Å². The summed E-state index contributed by atoms with van der Waals surface area (Å²) < 4.78 is 0. The molecule has 5 heteroatoms. The summed E-state index contributed by atoms with van der Waals surface area (Å²) in [5.74, 6) is 4.43. The molecule has 88 valence electrons. The van der Waals surface area contributed by atoms with Gasteiger partial charge in [-0.15, -0.1) is 0 Å². The van der Waals surface area contributed by atoms with Gasteiger partial charge < -0.3 is 4.98 Å². The van der Waals surface area contributed by atoms with E-state index < -0.39 is 5.91 Å². The second kappa shape index (κ2) is 4.03. The summed E-state index contributed by atoms with van der Waals surface area (Å²) in [6, 6.07) is 3.57. The summed E-state index contributed by atoms with van der Waals surface area (Å²) in [6.45, 7) is 3.89. The van der Waals surface area contributed by atoms with Gasteiger partial charge in [-0.25, -0.2) is 5.84 Å². The van der Waals surface area contributed by atoms with Crippen LogP contribution in [0.2, 0.25) is 0 Å². The number of fused-ring (bicyclic) bond motifs is 1. The Bertz CT molecular complexity index is 659. The molecule has 17 heavy (non-hydrogen) atoms. The van der Waals surface area contributed by atoms with Crippen LogP contribution in [0.4, 0.5) is 0 Å². The summed E-state index contributed by atoms with van der Waals surface area (Å²) in [7, 11) is 0. The maximum atomic E-state index is 12.1. The highest BCUT2D eigenvalue weighted by molar-refractivity contribution is 5.97. The van der Waals surface area contributed by atoms with Crippen molar-refractivity contribution in [3.05, 3.63) is 45.2 Å². The Hall–Kier alpha value is -2.14. The quantitative estimate of drug-likeness (QED) is 0.384. The summed E-state index contributed by atoms with van der Waals surface area (Å²) in [6.07, 6.45) is 1.39. The van der Waals surface area contributed by atoms with E-state index >= 15 is 0 Å². The second-order valence-electron chi connectivity index (χ2n) is 3.93. The Labute approximate surface area is 97.6 Å². The number of hydrogen-bond donors (Lipinski definition) is 3. The molecular formula is C12H13N3O2. The molecule has 0 atom stereocenters. The number of carbonyl (C=O) groups is 1. The number of nitrogens with two attached hydrogens (primary N) is 1. The molecule has 0 radical (unpaired) electrons. The SMILES string of the molecule is Cc1ccc2c(=O)c(C(=O)NN)c[nH]c2c1C. The van der Waals surface area contributed by atoms with Crippen LogP contribution in [0.25, 0.3) is 10.9 Å². The van der Waals surface area contributed by atoms with Crippen LogP contribution < -0.4 is 16.7 Å². The number of amides is 1. The molecule has 0 aliphatic carbocycles. The first kappa shape index (κ1) is 11.3. The molecule has 4 N–H and O–H groups in total. The Kier molecular flexibility index (Phi) is 2.69. The van der Waals surface area contributed by atoms with Crippen LogP contribution in [0.1, 0.15) is 21.5 Å². The molecule has 1 aromatic carbocycles. The number of aryl methyl sites for hydroxylation is 2. The van der Waals surface area contributed by atoms with E-state index in [0.29, 0.717) is 5.39 Å². The predicted molar refractivity (Wildman–Crippen MR) is 65.7 cm³/mol. The minimum absolute atomic E-state index is 0.0169. The number of hydrogen-bond acceptors (Lipinski definition) is 3. The highest BCUT2D eigenvalue weighted by atomic mass is 16.2. The van der Waals surface area contributed by atoms with E-state index in [4.69, 9.17) is 5.84 Å². The fraction of sp³-hybridized carbons (Fsp3) is 0.167. The third-order valence-electron chi connectivity index (χ3n) is 2.96. The Morgan fingerprint density at radius 1 is 1.35 bits per heavy atom. The van der Waals surface area contributed by atoms with Gasteiger partial charge in [0.15, 0.2) is 0 Å². The summed E-state index contributed by atoms with van der Waals surface area (Å²) in [5, 5.41) is 0.495. The van der Waals surface area contributed by atoms with Gasteiger partial charge in [-0.05, 0) is 31.0 Å². The highest BCUT2D eigenvalue weighted by Gasteiger charge is 2.12. The predicted octanol–water partition coefficient (Wildman–Crippen LogP) is 0.748. The number of aromatic amines is 1. The number of rotatable bonds is 1. The number of nitrogens with one attached hydrogen (secondary N) is 2. The monoisotopic (exact) mass is 231 g/mol. The standard InChI is InChI=1S/C12H13N3O2/c1-6-3-4-8-10(7(6)2)14-5-9(11(8)16)12(17)15-13/h3-5H,13H2,1-2H3,(H,14,16)(H,15,17). The fourth-order valence-electron chi connectivity index (χ4n) is 1.79. The summed E-state index contributed by atoms with van der Waals surface area (Å²) >= 11 is 0. The molecule has 0 saturated heterocycles. The van der Waals surface area contributed by atoms with Crippen LogP contribution in [0.3, 0.4) is 0 Å². The lowest BCUT2D eigenvalue weighted by Gasteiger charge is -2.06. The number of carbonyl (C=O) groups excluding carboxylic acids is 1. The highest BCUT2D eigenvalue weighted by Crippen LogP contribution is 2.16. The van der Waals surface area contributed by atoms with Gasteiger partial charge in [0, 0.05) is 11.6 Å². The molecule has 0 aliphatic rings. The lowest BCUT2D eigenvalue weighted by atomic mass is 10.0. The normalized spacial score (nSPS) is 10.5. The molecule has 5 nitrogen and oxygen atoms in total. The average Bonchev–Trinajstić information content (AvgIpc) is 2.33. The maximum Gasteiger partial charge on any atom is 0.270 e. The first-order valence-corrected chi connectivity index (χ1v) is 5.18. The molecule has 0 fully saturated rings. The molecule has 1 amide bonds. The molecule has 0 aliphatic heterocycles. The van der Waals surface area contributed by atoms with E-state index in [-0.39, 0.29) is 11.0 Å². The van der Waals surface area contributed by atoms with Crippen LogP contribution in [0.15, 0.2) is 23.1 Å². The van der Waals surface area contributed by atoms with Gasteiger partial charge in [-0.1, -0.05) is 6.07 Å². The van der Waals surface area contributed by atoms with Crippen molar-refractivity contribution in [1.82, 2.24) is 10.4 Å². The molecule has 2 rings (SSSR count). The number of hydrazine groups is 1. The van der Waals surface area contributed by atoms with E-state index in [9.17, 15) is 9.59 Å². The lowest BCUT2D eigenvalue weighted by Crippen LogP contribution is -2.33. The van der Waals surface area contributed by atoms with Gasteiger partial charge in [0.05, 0.1) is 5.52 Å². The molecule has 1 heterocycles. The van der Waals surface area contributed by atoms with E-state index in [0.717, 1.165) is 16.6 Å². The first-order chi connectivity index (χ1) is 8.06. The van der Waals surface area contributed by atoms with Crippen molar-refractivity contribution >= 4 is 16.8 Å². The number of H-pyrrole nitrogens is 1. The zero-order valence-corrected chi connectivity index (χ0v) is 9.63. The molecule has 0 spiro atoms. The minimum Gasteiger partial charge on any atom is -0.360 e. The van der Waals surface area contributed by atoms with Crippen LogP contribution in [-0.4, -0.2) is 10.9 Å². The lowest BCUT2D eigenvalue weighted by molar-refractivity contribution is 0.0952. The Balaban J connectivity index is 2.83. The second-order valence-corrected chi connectivity index (χ2v) is 3.93. The topological polar surface area (TPSA) is 88.0 Å². The van der Waals surface area contributed by atoms with Crippen molar-refractivity contribution in [2.24, 2.45) is 5.84 Å². The number of pyridine rings is 1. The van der Waals surface area contributed by atoms with Crippen molar-refractivity contribution in [2.75, 3.05) is 0 Å². The van der Waals surface area contributed by atoms with E-state index in [2.05, 4.69) is 4.98 Å². The van der Waals surface area contributed by atoms with Gasteiger partial charge in [0.1, 0.15) is 5.56 Å². The minimum atomic E-state index is -0.591. The van der Waals surface area contributed by atoms with Crippen LogP contribution in [-0.2, 0) is 0 Å². The molecular weight excluding hydrogens is 218 g/mol. The average molecular weight is 231 g/mol. The van der Waals surface area contributed by atoms with Gasteiger partial charge in [-0.2, -0.15) is 0 Å². The van der Waals surface area contributed by atoms with Crippen molar-refractivity contribution in [3.63, 3.8) is 0 Å². The zero-order valence-electron chi connectivity index (χ0n) is 9.63.